The molecule has 0 unspecified atom stereocenters. The molecule has 0 aromatic carbocycles. The molecular formula is C11H21N5O2. The molecule has 1 aromatic rings. The van der Waals surface area contributed by atoms with Crippen LogP contribution in [-0.4, -0.2) is 43.3 Å². The van der Waals surface area contributed by atoms with Gasteiger partial charge in [-0.25, -0.2) is 0 Å². The van der Waals surface area contributed by atoms with E-state index in [2.05, 4.69) is 27.8 Å². The molecule has 0 bridgehead atoms. The van der Waals surface area contributed by atoms with E-state index in [9.17, 15) is 4.79 Å². The van der Waals surface area contributed by atoms with Gasteiger partial charge in [0.05, 0.1) is 6.54 Å². The predicted octanol–water partition coefficient (Wildman–Crippen LogP) is 0.142. The second-order valence-corrected chi connectivity index (χ2v) is 4.00. The topological polar surface area (TPSA) is 83.3 Å². The summed E-state index contributed by atoms with van der Waals surface area (Å²) in [6, 6.07) is 0.437. The second-order valence-electron chi connectivity index (χ2n) is 4.00. The van der Waals surface area contributed by atoms with Gasteiger partial charge in [0.15, 0.2) is 0 Å². The monoisotopic (exact) mass is 255 g/mol. The fourth-order valence-corrected chi connectivity index (χ4v) is 1.33. The minimum Gasteiger partial charge on any atom is -0.407 e. The predicted molar refractivity (Wildman–Crippen MR) is 68.2 cm³/mol. The van der Waals surface area contributed by atoms with E-state index in [0.717, 1.165) is 13.0 Å². The molecule has 1 aromatic heterocycles. The molecule has 1 amide bonds. The zero-order valence-electron chi connectivity index (χ0n) is 11.2. The average Bonchev–Trinajstić information content (AvgIpc) is 2.84. The maximum Gasteiger partial charge on any atom is 0.317 e. The van der Waals surface area contributed by atoms with Gasteiger partial charge in [-0.1, -0.05) is 12.0 Å². The first kappa shape index (κ1) is 14.4. The molecular weight excluding hydrogens is 234 g/mol. The first-order valence-electron chi connectivity index (χ1n) is 6.12. The van der Waals surface area contributed by atoms with Crippen molar-refractivity contribution in [3.05, 3.63) is 5.89 Å². The van der Waals surface area contributed by atoms with Crippen molar-refractivity contribution in [2.75, 3.05) is 32.1 Å². The summed E-state index contributed by atoms with van der Waals surface area (Å²) in [5, 5.41) is 13.6. The van der Waals surface area contributed by atoms with Crippen molar-refractivity contribution in [3.63, 3.8) is 0 Å². The molecule has 102 valence electrons. The largest absolute Gasteiger partial charge is 0.407 e. The van der Waals surface area contributed by atoms with Gasteiger partial charge in [0, 0.05) is 27.1 Å². The molecule has 0 saturated heterocycles. The molecule has 1 rings (SSSR count). The van der Waals surface area contributed by atoms with Gasteiger partial charge in [-0.2, -0.15) is 0 Å². The number of aromatic nitrogens is 2. The van der Waals surface area contributed by atoms with Crippen molar-refractivity contribution in [2.45, 2.75) is 26.3 Å². The van der Waals surface area contributed by atoms with Gasteiger partial charge in [-0.3, -0.25) is 4.79 Å². The van der Waals surface area contributed by atoms with Crippen LogP contribution in [-0.2, 0) is 11.3 Å². The van der Waals surface area contributed by atoms with Crippen LogP contribution in [0.15, 0.2) is 4.42 Å². The van der Waals surface area contributed by atoms with Crippen LogP contribution in [0.4, 0.5) is 6.01 Å². The highest BCUT2D eigenvalue weighted by molar-refractivity contribution is 5.76. The van der Waals surface area contributed by atoms with Crippen LogP contribution >= 0.6 is 0 Å². The lowest BCUT2D eigenvalue weighted by Gasteiger charge is -2.12. The van der Waals surface area contributed by atoms with Crippen molar-refractivity contribution < 1.29 is 9.21 Å². The number of rotatable bonds is 8. The summed E-state index contributed by atoms with van der Waals surface area (Å²) in [6.45, 7) is 4.14. The van der Waals surface area contributed by atoms with E-state index in [-0.39, 0.29) is 5.91 Å². The Hall–Kier alpha value is -1.63. The smallest absolute Gasteiger partial charge is 0.317 e. The third-order valence-corrected chi connectivity index (χ3v) is 2.44. The summed E-state index contributed by atoms with van der Waals surface area (Å²) >= 11 is 0. The molecule has 0 aliphatic carbocycles. The van der Waals surface area contributed by atoms with Gasteiger partial charge in [0.1, 0.15) is 0 Å². The zero-order chi connectivity index (χ0) is 13.4. The van der Waals surface area contributed by atoms with Crippen molar-refractivity contribution >= 4 is 11.9 Å². The van der Waals surface area contributed by atoms with Gasteiger partial charge in [-0.05, 0) is 13.0 Å². The summed E-state index contributed by atoms with van der Waals surface area (Å²) in [5.41, 5.74) is 0. The van der Waals surface area contributed by atoms with E-state index >= 15 is 0 Å². The summed E-state index contributed by atoms with van der Waals surface area (Å²) in [5.74, 6) is 0.552. The maximum atomic E-state index is 11.1. The molecule has 0 aliphatic heterocycles. The van der Waals surface area contributed by atoms with Crippen LogP contribution in [0.1, 0.15) is 25.7 Å². The lowest BCUT2D eigenvalue weighted by atomic mass is 10.4. The van der Waals surface area contributed by atoms with Gasteiger partial charge in [0.2, 0.25) is 11.8 Å². The standard InChI is InChI=1S/C11H21N5O2/c1-4-6-13-8-10-14-15-11(18-10)16(3)7-5-9(17)12-2/h13H,4-8H2,1-3H3,(H,12,17). The van der Waals surface area contributed by atoms with E-state index < -0.39 is 0 Å². The summed E-state index contributed by atoms with van der Waals surface area (Å²) < 4.78 is 5.47. The molecule has 0 saturated carbocycles. The Bertz CT molecular complexity index is 366. The van der Waals surface area contributed by atoms with Crippen LogP contribution in [0.2, 0.25) is 0 Å². The number of hydrogen-bond donors (Lipinski definition) is 2. The molecule has 7 heteroatoms. The number of carbonyl (C=O) groups is 1. The molecule has 0 radical (unpaired) electrons. The number of anilines is 1. The van der Waals surface area contributed by atoms with Crippen LogP contribution in [0.25, 0.3) is 0 Å². The third-order valence-electron chi connectivity index (χ3n) is 2.44. The fourth-order valence-electron chi connectivity index (χ4n) is 1.33. The highest BCUT2D eigenvalue weighted by Crippen LogP contribution is 2.10. The number of hydrogen-bond acceptors (Lipinski definition) is 6. The Morgan fingerprint density at radius 3 is 2.89 bits per heavy atom. The lowest BCUT2D eigenvalue weighted by molar-refractivity contribution is -0.120. The fraction of sp³-hybridized carbons (Fsp3) is 0.727. The van der Waals surface area contributed by atoms with E-state index in [1.807, 2.05) is 7.05 Å². The van der Waals surface area contributed by atoms with Crippen molar-refractivity contribution in [3.8, 4) is 0 Å². The van der Waals surface area contributed by atoms with Crippen LogP contribution in [0.5, 0.6) is 0 Å². The average molecular weight is 255 g/mol. The zero-order valence-corrected chi connectivity index (χ0v) is 11.2. The minimum atomic E-state index is -0.00815. The lowest BCUT2D eigenvalue weighted by Crippen LogP contribution is -2.26. The molecule has 18 heavy (non-hydrogen) atoms. The summed E-state index contributed by atoms with van der Waals surface area (Å²) in [4.78, 5) is 12.9. The second kappa shape index (κ2) is 7.65. The molecule has 7 nitrogen and oxygen atoms in total. The Morgan fingerprint density at radius 2 is 2.22 bits per heavy atom. The molecule has 0 aliphatic rings. The molecule has 0 fully saturated rings. The molecule has 1 heterocycles. The third kappa shape index (κ3) is 4.70. The van der Waals surface area contributed by atoms with E-state index in [1.165, 1.54) is 0 Å². The SMILES string of the molecule is CCCNCc1nnc(N(C)CCC(=O)NC)o1. The Labute approximate surface area is 107 Å². The Balaban J connectivity index is 2.39. The number of amides is 1. The number of nitrogens with one attached hydrogen (secondary N) is 2. The van der Waals surface area contributed by atoms with Gasteiger partial charge < -0.3 is 20.0 Å². The van der Waals surface area contributed by atoms with E-state index in [1.54, 1.807) is 11.9 Å². The molecule has 0 atom stereocenters. The first-order valence-corrected chi connectivity index (χ1v) is 6.12. The summed E-state index contributed by atoms with van der Waals surface area (Å²) in [7, 11) is 3.44. The molecule has 2 N–H and O–H groups in total. The Morgan fingerprint density at radius 1 is 1.44 bits per heavy atom. The minimum absolute atomic E-state index is 0.00815. The molecule has 0 spiro atoms. The van der Waals surface area contributed by atoms with E-state index in [4.69, 9.17) is 4.42 Å². The number of nitrogens with zero attached hydrogens (tertiary/aromatic N) is 3. The van der Waals surface area contributed by atoms with Gasteiger partial charge >= 0.3 is 6.01 Å². The highest BCUT2D eigenvalue weighted by Gasteiger charge is 2.11. The van der Waals surface area contributed by atoms with E-state index in [0.29, 0.717) is 31.4 Å². The first-order chi connectivity index (χ1) is 8.67. The maximum absolute atomic E-state index is 11.1. The van der Waals surface area contributed by atoms with Crippen molar-refractivity contribution in [1.29, 1.82) is 0 Å². The normalized spacial score (nSPS) is 10.4. The van der Waals surface area contributed by atoms with Crippen LogP contribution in [0.3, 0.4) is 0 Å². The van der Waals surface area contributed by atoms with Gasteiger partial charge in [-0.15, -0.1) is 5.10 Å². The summed E-state index contributed by atoms with van der Waals surface area (Å²) in [6.07, 6.45) is 1.46. The van der Waals surface area contributed by atoms with Crippen LogP contribution < -0.4 is 15.5 Å². The van der Waals surface area contributed by atoms with Crippen molar-refractivity contribution in [2.24, 2.45) is 0 Å². The van der Waals surface area contributed by atoms with Gasteiger partial charge in [0.25, 0.3) is 0 Å². The van der Waals surface area contributed by atoms with Crippen molar-refractivity contribution in [1.82, 2.24) is 20.8 Å². The Kier molecular flexibility index (Phi) is 6.13. The van der Waals surface area contributed by atoms with Crippen LogP contribution in [0, 0.1) is 0 Å². The quantitative estimate of drug-likeness (QED) is 0.643. The number of carbonyl (C=O) groups excluding carboxylic acids is 1. The highest BCUT2D eigenvalue weighted by atomic mass is 16.4.